The fourth-order valence-electron chi connectivity index (χ4n) is 2.09. The fourth-order valence-corrected chi connectivity index (χ4v) is 4.87. The highest BCUT2D eigenvalue weighted by atomic mass is 127. The molecule has 0 aliphatic carbocycles. The van der Waals surface area contributed by atoms with Crippen LogP contribution in [0.5, 0.6) is 0 Å². The number of aryl methyl sites for hydroxylation is 1. The van der Waals surface area contributed by atoms with Crippen molar-refractivity contribution in [2.75, 3.05) is 0 Å². The molecule has 0 atom stereocenters. The summed E-state index contributed by atoms with van der Waals surface area (Å²) < 4.78 is 27.6. The molecule has 2 heterocycles. The van der Waals surface area contributed by atoms with Crippen LogP contribution in [0, 0.1) is 10.6 Å². The lowest BCUT2D eigenvalue weighted by molar-refractivity contribution is 0.588. The van der Waals surface area contributed by atoms with E-state index in [1.165, 1.54) is 3.97 Å². The van der Waals surface area contributed by atoms with Crippen molar-refractivity contribution in [2.45, 2.75) is 11.8 Å². The molecule has 0 spiro atoms. The summed E-state index contributed by atoms with van der Waals surface area (Å²) in [6.07, 6.45) is 1.70. The Balaban J connectivity index is 2.35. The number of hydrogen-bond acceptors (Lipinski definition) is 3. The van der Waals surface area contributed by atoms with E-state index in [1.54, 1.807) is 42.6 Å². The molecule has 3 aromatic rings. The van der Waals surface area contributed by atoms with E-state index in [0.717, 1.165) is 11.1 Å². The van der Waals surface area contributed by atoms with Gasteiger partial charge in [0, 0.05) is 17.3 Å². The molecule has 0 radical (unpaired) electrons. The maximum absolute atomic E-state index is 12.8. The predicted molar refractivity (Wildman–Crippen MR) is 86.2 cm³/mol. The normalized spacial score (nSPS) is 11.9. The largest absolute Gasteiger partial charge is 0.269 e. The number of benzene rings is 1. The minimum atomic E-state index is -3.59. The molecule has 3 rings (SSSR count). The quantitative estimate of drug-likeness (QED) is 0.624. The molecule has 0 fully saturated rings. The minimum Gasteiger partial charge on any atom is -0.261 e. The number of nitrogens with zero attached hydrogens (tertiary/aromatic N) is 2. The van der Waals surface area contributed by atoms with E-state index >= 15 is 0 Å². The summed E-state index contributed by atoms with van der Waals surface area (Å²) in [6, 6.07) is 12.1. The fraction of sp³-hybridized carbons (Fsp3) is 0.0714. The van der Waals surface area contributed by atoms with Gasteiger partial charge in [-0.2, -0.15) is 0 Å². The standard InChI is InChI=1S/C14H11IN2O2S/c1-10-7-13-11(9-16-10)8-14(15)17(13)20(18,19)12-5-3-2-4-6-12/h2-9H,1H3. The van der Waals surface area contributed by atoms with Crippen molar-refractivity contribution in [3.63, 3.8) is 0 Å². The van der Waals surface area contributed by atoms with Gasteiger partial charge in [0.2, 0.25) is 0 Å². The monoisotopic (exact) mass is 398 g/mol. The predicted octanol–water partition coefficient (Wildman–Crippen LogP) is 3.19. The lowest BCUT2D eigenvalue weighted by Crippen LogP contribution is -2.14. The Morgan fingerprint density at radius 1 is 1.15 bits per heavy atom. The lowest BCUT2D eigenvalue weighted by atomic mass is 10.3. The zero-order valence-electron chi connectivity index (χ0n) is 10.6. The van der Waals surface area contributed by atoms with Gasteiger partial charge in [-0.1, -0.05) is 18.2 Å². The molecule has 6 heteroatoms. The Morgan fingerprint density at radius 3 is 2.55 bits per heavy atom. The van der Waals surface area contributed by atoms with Crippen molar-refractivity contribution in [3.8, 4) is 0 Å². The van der Waals surface area contributed by atoms with Gasteiger partial charge < -0.3 is 0 Å². The van der Waals surface area contributed by atoms with Gasteiger partial charge in [-0.3, -0.25) is 4.98 Å². The van der Waals surface area contributed by atoms with Crippen LogP contribution < -0.4 is 0 Å². The zero-order valence-corrected chi connectivity index (χ0v) is 13.6. The lowest BCUT2D eigenvalue weighted by Gasteiger charge is -2.09. The van der Waals surface area contributed by atoms with Crippen molar-refractivity contribution < 1.29 is 8.42 Å². The molecule has 0 bridgehead atoms. The molecular weight excluding hydrogens is 387 g/mol. The summed E-state index contributed by atoms with van der Waals surface area (Å²) in [5, 5.41) is 0.819. The summed E-state index contributed by atoms with van der Waals surface area (Å²) in [5.74, 6) is 0. The molecular formula is C14H11IN2O2S. The van der Waals surface area contributed by atoms with Crippen LogP contribution in [-0.2, 0) is 10.0 Å². The second kappa shape index (κ2) is 4.85. The summed E-state index contributed by atoms with van der Waals surface area (Å²) in [5.41, 5.74) is 1.45. The first kappa shape index (κ1) is 13.6. The Kier molecular flexibility index (Phi) is 3.29. The SMILES string of the molecule is Cc1cc2c(cn1)cc(I)n2S(=O)(=O)c1ccccc1. The van der Waals surface area contributed by atoms with Crippen LogP contribution in [0.15, 0.2) is 53.6 Å². The van der Waals surface area contributed by atoms with Crippen LogP contribution in [0.4, 0.5) is 0 Å². The maximum Gasteiger partial charge on any atom is 0.269 e. The highest BCUT2D eigenvalue weighted by Gasteiger charge is 2.21. The zero-order chi connectivity index (χ0) is 14.3. The summed E-state index contributed by atoms with van der Waals surface area (Å²) >= 11 is 2.03. The first-order valence-electron chi connectivity index (χ1n) is 5.94. The van der Waals surface area contributed by atoms with Crippen molar-refractivity contribution in [2.24, 2.45) is 0 Å². The first-order valence-corrected chi connectivity index (χ1v) is 8.46. The second-order valence-electron chi connectivity index (χ2n) is 4.43. The number of fused-ring (bicyclic) bond motifs is 1. The summed E-state index contributed by atoms with van der Waals surface area (Å²) in [6.45, 7) is 1.85. The third kappa shape index (κ3) is 2.12. The van der Waals surface area contributed by atoms with Crippen LogP contribution in [0.25, 0.3) is 10.9 Å². The Morgan fingerprint density at radius 2 is 1.85 bits per heavy atom. The van der Waals surface area contributed by atoms with Gasteiger partial charge in [-0.15, -0.1) is 0 Å². The molecule has 1 aromatic carbocycles. The van der Waals surface area contributed by atoms with Crippen molar-refractivity contribution in [3.05, 3.63) is 58.1 Å². The molecule has 0 saturated heterocycles. The van der Waals surface area contributed by atoms with Crippen molar-refractivity contribution in [1.82, 2.24) is 8.96 Å². The van der Waals surface area contributed by atoms with Crippen LogP contribution in [0.1, 0.15) is 5.69 Å². The van der Waals surface area contributed by atoms with E-state index in [1.807, 2.05) is 35.6 Å². The molecule has 2 aromatic heterocycles. The third-order valence-electron chi connectivity index (χ3n) is 3.02. The van der Waals surface area contributed by atoms with E-state index in [0.29, 0.717) is 9.22 Å². The number of pyridine rings is 1. The summed E-state index contributed by atoms with van der Waals surface area (Å²) in [7, 11) is -3.59. The van der Waals surface area contributed by atoms with Crippen LogP contribution >= 0.6 is 22.6 Å². The smallest absolute Gasteiger partial charge is 0.261 e. The molecule has 0 N–H and O–H groups in total. The Labute approximate surface area is 130 Å². The average Bonchev–Trinajstić information content (AvgIpc) is 2.75. The minimum absolute atomic E-state index is 0.282. The van der Waals surface area contributed by atoms with Gasteiger partial charge >= 0.3 is 0 Å². The van der Waals surface area contributed by atoms with Crippen LogP contribution in [0.2, 0.25) is 0 Å². The highest BCUT2D eigenvalue weighted by molar-refractivity contribution is 14.1. The molecule has 0 unspecified atom stereocenters. The van der Waals surface area contributed by atoms with Gasteiger partial charge in [0.15, 0.2) is 0 Å². The molecule has 0 aliphatic heterocycles. The second-order valence-corrected chi connectivity index (χ2v) is 7.33. The molecule has 4 nitrogen and oxygen atoms in total. The topological polar surface area (TPSA) is 52.0 Å². The Bertz CT molecular complexity index is 886. The van der Waals surface area contributed by atoms with Gasteiger partial charge in [0.1, 0.15) is 0 Å². The van der Waals surface area contributed by atoms with Crippen molar-refractivity contribution >= 4 is 43.5 Å². The van der Waals surface area contributed by atoms with Gasteiger partial charge in [0.25, 0.3) is 10.0 Å². The van der Waals surface area contributed by atoms with E-state index in [2.05, 4.69) is 4.98 Å². The van der Waals surface area contributed by atoms with Gasteiger partial charge in [0.05, 0.1) is 14.1 Å². The average molecular weight is 398 g/mol. The van der Waals surface area contributed by atoms with E-state index in [9.17, 15) is 8.42 Å². The van der Waals surface area contributed by atoms with E-state index in [4.69, 9.17) is 0 Å². The first-order chi connectivity index (χ1) is 9.50. The molecule has 0 amide bonds. The number of hydrogen-bond donors (Lipinski definition) is 0. The van der Waals surface area contributed by atoms with E-state index in [-0.39, 0.29) is 4.90 Å². The number of rotatable bonds is 2. The molecule has 102 valence electrons. The van der Waals surface area contributed by atoms with Gasteiger partial charge in [-0.25, -0.2) is 12.4 Å². The molecule has 0 saturated carbocycles. The van der Waals surface area contributed by atoms with Crippen molar-refractivity contribution in [1.29, 1.82) is 0 Å². The Hall–Kier alpha value is -1.41. The number of halogens is 1. The number of aromatic nitrogens is 2. The van der Waals surface area contributed by atoms with Crippen LogP contribution in [-0.4, -0.2) is 17.4 Å². The summed E-state index contributed by atoms with van der Waals surface area (Å²) in [4.78, 5) is 4.49. The third-order valence-corrected chi connectivity index (χ3v) is 5.88. The molecule has 0 aliphatic rings. The van der Waals surface area contributed by atoms with Gasteiger partial charge in [-0.05, 0) is 53.8 Å². The highest BCUT2D eigenvalue weighted by Crippen LogP contribution is 2.26. The van der Waals surface area contributed by atoms with E-state index < -0.39 is 10.0 Å². The maximum atomic E-state index is 12.8. The molecule has 20 heavy (non-hydrogen) atoms. The van der Waals surface area contributed by atoms with Crippen LogP contribution in [0.3, 0.4) is 0 Å².